The fourth-order valence-electron chi connectivity index (χ4n) is 2.98. The van der Waals surface area contributed by atoms with E-state index in [9.17, 15) is 9.59 Å². The summed E-state index contributed by atoms with van der Waals surface area (Å²) in [5.41, 5.74) is 1.32. The number of esters is 1. The molecule has 4 rings (SSSR count). The molecule has 0 bridgehead atoms. The zero-order valence-corrected chi connectivity index (χ0v) is 18.0. The van der Waals surface area contributed by atoms with Gasteiger partial charge in [0.1, 0.15) is 17.2 Å². The molecule has 30 heavy (non-hydrogen) atoms. The Hall–Kier alpha value is -3.09. The van der Waals surface area contributed by atoms with Gasteiger partial charge in [0.05, 0.1) is 23.3 Å². The molecule has 0 aromatic heterocycles. The Labute approximate surface area is 186 Å². The molecule has 1 heterocycles. The highest BCUT2D eigenvalue weighted by atomic mass is 79.9. The Morgan fingerprint density at radius 1 is 1.10 bits per heavy atom. The molecular weight excluding hydrogens is 472 g/mol. The van der Waals surface area contributed by atoms with E-state index in [2.05, 4.69) is 15.9 Å². The number of carbonyl (C=O) groups excluding carboxylic acids is 2. The first-order chi connectivity index (χ1) is 14.5. The molecule has 1 aliphatic heterocycles. The van der Waals surface area contributed by atoms with Gasteiger partial charge in [-0.2, -0.15) is 0 Å². The van der Waals surface area contributed by atoms with Crippen LogP contribution in [0.1, 0.15) is 26.3 Å². The zero-order chi connectivity index (χ0) is 21.3. The van der Waals surface area contributed by atoms with Gasteiger partial charge in [-0.05, 0) is 48.5 Å². The van der Waals surface area contributed by atoms with E-state index in [4.69, 9.17) is 25.8 Å². The van der Waals surface area contributed by atoms with Crippen LogP contribution in [0.4, 0.5) is 0 Å². The van der Waals surface area contributed by atoms with Crippen LogP contribution in [-0.2, 0) is 0 Å². The largest absolute Gasteiger partial charge is 0.496 e. The van der Waals surface area contributed by atoms with Gasteiger partial charge >= 0.3 is 5.97 Å². The average Bonchev–Trinajstić information content (AvgIpc) is 3.03. The van der Waals surface area contributed by atoms with Gasteiger partial charge in [-0.15, -0.1) is 0 Å². The van der Waals surface area contributed by atoms with Crippen LogP contribution in [0.25, 0.3) is 6.08 Å². The standard InChI is InChI=1S/C23H14BrClO5/c1-28-19-9-6-14(24)10-13(19)11-21-22(26)17-8-7-15(12-20(17)30-21)29-23(27)16-4-2-3-5-18(16)25/h2-12H,1H3/b21-11-. The monoisotopic (exact) mass is 484 g/mol. The minimum atomic E-state index is -0.598. The second kappa shape index (κ2) is 8.34. The van der Waals surface area contributed by atoms with E-state index in [-0.39, 0.29) is 22.9 Å². The molecule has 0 N–H and O–H groups in total. The molecule has 0 fully saturated rings. The van der Waals surface area contributed by atoms with Gasteiger partial charge in [0.15, 0.2) is 5.76 Å². The minimum Gasteiger partial charge on any atom is -0.496 e. The van der Waals surface area contributed by atoms with Crippen molar-refractivity contribution < 1.29 is 23.8 Å². The zero-order valence-electron chi connectivity index (χ0n) is 15.6. The van der Waals surface area contributed by atoms with Crippen molar-refractivity contribution in [2.75, 3.05) is 7.11 Å². The van der Waals surface area contributed by atoms with Gasteiger partial charge in [-0.25, -0.2) is 4.79 Å². The van der Waals surface area contributed by atoms with Gasteiger partial charge in [-0.3, -0.25) is 4.79 Å². The SMILES string of the molecule is COc1ccc(Br)cc1/C=C1\Oc2cc(OC(=O)c3ccccc3Cl)ccc2C1=O. The first-order valence-corrected chi connectivity index (χ1v) is 10.0. The topological polar surface area (TPSA) is 61.8 Å². The van der Waals surface area contributed by atoms with Crippen LogP contribution in [0.3, 0.4) is 0 Å². The van der Waals surface area contributed by atoms with Crippen molar-refractivity contribution in [2.24, 2.45) is 0 Å². The van der Waals surface area contributed by atoms with Crippen LogP contribution < -0.4 is 14.2 Å². The van der Waals surface area contributed by atoms with E-state index in [0.29, 0.717) is 27.6 Å². The van der Waals surface area contributed by atoms with Gasteiger partial charge in [0.2, 0.25) is 5.78 Å². The summed E-state index contributed by atoms with van der Waals surface area (Å²) in [6, 6.07) is 16.6. The summed E-state index contributed by atoms with van der Waals surface area (Å²) < 4.78 is 17.3. The number of fused-ring (bicyclic) bond motifs is 1. The highest BCUT2D eigenvalue weighted by molar-refractivity contribution is 9.10. The van der Waals surface area contributed by atoms with Crippen LogP contribution in [0.5, 0.6) is 17.2 Å². The molecule has 150 valence electrons. The van der Waals surface area contributed by atoms with Gasteiger partial charge < -0.3 is 14.2 Å². The highest BCUT2D eigenvalue weighted by Gasteiger charge is 2.28. The van der Waals surface area contributed by atoms with Gasteiger partial charge in [0, 0.05) is 16.1 Å². The van der Waals surface area contributed by atoms with Crippen LogP contribution in [0, 0.1) is 0 Å². The minimum absolute atomic E-state index is 0.149. The molecule has 0 atom stereocenters. The maximum absolute atomic E-state index is 12.7. The lowest BCUT2D eigenvalue weighted by Crippen LogP contribution is -2.09. The highest BCUT2D eigenvalue weighted by Crippen LogP contribution is 2.36. The van der Waals surface area contributed by atoms with Crippen molar-refractivity contribution in [1.29, 1.82) is 0 Å². The summed E-state index contributed by atoms with van der Waals surface area (Å²) in [4.78, 5) is 25.1. The molecule has 0 amide bonds. The first kappa shape index (κ1) is 20.2. The normalized spacial score (nSPS) is 13.7. The Balaban J connectivity index is 1.60. The number of rotatable bonds is 4. The predicted octanol–water partition coefficient (Wildman–Crippen LogP) is 5.95. The van der Waals surface area contributed by atoms with Gasteiger partial charge in [0.25, 0.3) is 0 Å². The molecule has 0 radical (unpaired) electrons. The van der Waals surface area contributed by atoms with E-state index in [1.54, 1.807) is 49.6 Å². The number of methoxy groups -OCH3 is 1. The van der Waals surface area contributed by atoms with E-state index in [1.165, 1.54) is 12.1 Å². The summed E-state index contributed by atoms with van der Waals surface area (Å²) in [5.74, 6) is 0.441. The number of ether oxygens (including phenoxy) is 3. The van der Waals surface area contributed by atoms with Crippen molar-refractivity contribution in [3.8, 4) is 17.2 Å². The number of hydrogen-bond acceptors (Lipinski definition) is 5. The first-order valence-electron chi connectivity index (χ1n) is 8.85. The number of halogens is 2. The van der Waals surface area contributed by atoms with Crippen LogP contribution >= 0.6 is 27.5 Å². The molecule has 0 spiro atoms. The number of carbonyl (C=O) groups is 2. The number of hydrogen-bond donors (Lipinski definition) is 0. The van der Waals surface area contributed by atoms with Crippen molar-refractivity contribution >= 4 is 45.4 Å². The second-order valence-corrected chi connectivity index (χ2v) is 7.68. The Kier molecular flexibility index (Phi) is 5.61. The number of benzene rings is 3. The van der Waals surface area contributed by atoms with E-state index < -0.39 is 5.97 Å². The molecule has 3 aromatic rings. The Morgan fingerprint density at radius 3 is 2.67 bits per heavy atom. The van der Waals surface area contributed by atoms with Crippen LogP contribution in [0.2, 0.25) is 5.02 Å². The molecule has 0 unspecified atom stereocenters. The summed E-state index contributed by atoms with van der Waals surface area (Å²) in [6.45, 7) is 0. The van der Waals surface area contributed by atoms with E-state index in [0.717, 1.165) is 4.47 Å². The molecule has 7 heteroatoms. The smallest absolute Gasteiger partial charge is 0.345 e. The quantitative estimate of drug-likeness (QED) is 0.260. The summed E-state index contributed by atoms with van der Waals surface area (Å²) in [7, 11) is 1.55. The number of ketones is 1. The van der Waals surface area contributed by atoms with Crippen molar-refractivity contribution in [3.63, 3.8) is 0 Å². The third-order valence-electron chi connectivity index (χ3n) is 4.42. The fraction of sp³-hybridized carbons (Fsp3) is 0.0435. The average molecular weight is 486 g/mol. The van der Waals surface area contributed by atoms with Crippen molar-refractivity contribution in [3.05, 3.63) is 92.6 Å². The second-order valence-electron chi connectivity index (χ2n) is 6.35. The summed E-state index contributed by atoms with van der Waals surface area (Å²) in [5, 5.41) is 0.295. The fourth-order valence-corrected chi connectivity index (χ4v) is 3.57. The van der Waals surface area contributed by atoms with E-state index >= 15 is 0 Å². The van der Waals surface area contributed by atoms with Crippen LogP contribution in [-0.4, -0.2) is 18.9 Å². The maximum Gasteiger partial charge on any atom is 0.345 e. The molecule has 0 saturated carbocycles. The third kappa shape index (κ3) is 3.97. The Bertz CT molecular complexity index is 1200. The van der Waals surface area contributed by atoms with Crippen molar-refractivity contribution in [1.82, 2.24) is 0 Å². The maximum atomic E-state index is 12.7. The lowest BCUT2D eigenvalue weighted by atomic mass is 10.1. The molecule has 3 aromatic carbocycles. The third-order valence-corrected chi connectivity index (χ3v) is 5.25. The number of Topliss-reactive ketones (excluding diaryl/α,β-unsaturated/α-hetero) is 1. The van der Waals surface area contributed by atoms with E-state index in [1.807, 2.05) is 12.1 Å². The lowest BCUT2D eigenvalue weighted by molar-refractivity contribution is 0.0734. The number of allylic oxidation sites excluding steroid dienone is 1. The molecule has 0 saturated heterocycles. The Morgan fingerprint density at radius 2 is 1.90 bits per heavy atom. The van der Waals surface area contributed by atoms with Gasteiger partial charge in [-0.1, -0.05) is 39.7 Å². The molecule has 5 nitrogen and oxygen atoms in total. The molecule has 0 aliphatic carbocycles. The van der Waals surface area contributed by atoms with Crippen molar-refractivity contribution in [2.45, 2.75) is 0 Å². The summed E-state index contributed by atoms with van der Waals surface area (Å²) >= 11 is 9.45. The lowest BCUT2D eigenvalue weighted by Gasteiger charge is -2.07. The predicted molar refractivity (Wildman–Crippen MR) is 116 cm³/mol. The molecule has 1 aliphatic rings. The molecular formula is C23H14BrClO5. The summed E-state index contributed by atoms with van der Waals surface area (Å²) in [6.07, 6.45) is 1.61. The van der Waals surface area contributed by atoms with Crippen LogP contribution in [0.15, 0.2) is 70.9 Å².